The highest BCUT2D eigenvalue weighted by atomic mass is 32.2. The van der Waals surface area contributed by atoms with Gasteiger partial charge in [-0.2, -0.15) is 9.41 Å². The molecule has 1 aromatic carbocycles. The molecule has 1 aliphatic carbocycles. The number of hydrogen-bond donors (Lipinski definition) is 2. The molecule has 1 heterocycles. The molecule has 1 amide bonds. The highest BCUT2D eigenvalue weighted by Crippen LogP contribution is 2.20. The van der Waals surface area contributed by atoms with Crippen molar-refractivity contribution >= 4 is 21.6 Å². The lowest BCUT2D eigenvalue weighted by atomic mass is 10.1. The molecule has 2 N–H and O–H groups in total. The minimum absolute atomic E-state index is 0.0235. The van der Waals surface area contributed by atoms with Crippen molar-refractivity contribution in [1.82, 2.24) is 9.73 Å². The molecule has 152 valence electrons. The molecular formula is C20H29N4O3S+. The second-order valence-corrected chi connectivity index (χ2v) is 9.77. The van der Waals surface area contributed by atoms with Crippen molar-refractivity contribution in [3.63, 3.8) is 0 Å². The maximum absolute atomic E-state index is 12.9. The van der Waals surface area contributed by atoms with Crippen LogP contribution in [-0.4, -0.2) is 57.6 Å². The smallest absolute Gasteiger partial charge is 0.271 e. The van der Waals surface area contributed by atoms with E-state index in [1.54, 1.807) is 7.05 Å². The molecule has 0 spiro atoms. The van der Waals surface area contributed by atoms with Gasteiger partial charge >= 0.3 is 0 Å². The van der Waals surface area contributed by atoms with Crippen molar-refractivity contribution < 1.29 is 18.1 Å². The van der Waals surface area contributed by atoms with Crippen LogP contribution in [0.25, 0.3) is 0 Å². The predicted octanol–water partition coefficient (Wildman–Crippen LogP) is 0.810. The maximum Gasteiger partial charge on any atom is 0.271 e. The number of likely N-dealkylation sites (tertiary alicyclic amines) is 1. The molecule has 0 unspecified atom stereocenters. The third-order valence-corrected chi connectivity index (χ3v) is 7.53. The lowest BCUT2D eigenvalue weighted by Gasteiger charge is -2.32. The summed E-state index contributed by atoms with van der Waals surface area (Å²) in [5, 5.41) is 4.13. The van der Waals surface area contributed by atoms with Gasteiger partial charge in [0.2, 0.25) is 10.0 Å². The highest BCUT2D eigenvalue weighted by Gasteiger charge is 2.31. The Morgan fingerprint density at radius 3 is 2.39 bits per heavy atom. The van der Waals surface area contributed by atoms with E-state index in [0.29, 0.717) is 5.56 Å². The average Bonchev–Trinajstić information content (AvgIpc) is 3.11. The summed E-state index contributed by atoms with van der Waals surface area (Å²) in [5.74, 6) is -0.346. The number of rotatable bonds is 5. The van der Waals surface area contributed by atoms with Crippen molar-refractivity contribution in [3.8, 4) is 0 Å². The average molecular weight is 406 g/mol. The number of quaternary nitrogens is 1. The number of sulfonamides is 1. The van der Waals surface area contributed by atoms with E-state index in [0.717, 1.165) is 44.5 Å². The molecule has 7 nitrogen and oxygen atoms in total. The number of piperidine rings is 1. The summed E-state index contributed by atoms with van der Waals surface area (Å²) in [6.45, 7) is 3.98. The molecule has 1 aromatic rings. The number of benzene rings is 1. The summed E-state index contributed by atoms with van der Waals surface area (Å²) in [4.78, 5) is 13.9. The first-order valence-electron chi connectivity index (χ1n) is 9.71. The van der Waals surface area contributed by atoms with Crippen molar-refractivity contribution in [3.05, 3.63) is 41.5 Å². The minimum atomic E-state index is -3.57. The van der Waals surface area contributed by atoms with Crippen LogP contribution in [0.15, 0.2) is 45.9 Å². The molecule has 1 aliphatic heterocycles. The van der Waals surface area contributed by atoms with Crippen molar-refractivity contribution in [2.75, 3.05) is 27.2 Å². The fourth-order valence-corrected chi connectivity index (χ4v) is 5.04. The Bertz CT molecular complexity index is 883. The van der Waals surface area contributed by atoms with Crippen LogP contribution in [-0.2, 0) is 10.0 Å². The molecule has 1 fully saturated rings. The normalized spacial score (nSPS) is 24.4. The van der Waals surface area contributed by atoms with E-state index in [4.69, 9.17) is 0 Å². The fourth-order valence-electron chi connectivity index (χ4n) is 3.63. The van der Waals surface area contributed by atoms with Gasteiger partial charge in [-0.1, -0.05) is 5.57 Å². The van der Waals surface area contributed by atoms with Crippen LogP contribution in [0.2, 0.25) is 0 Å². The number of hydrogen-bond acceptors (Lipinski definition) is 4. The molecule has 0 aromatic heterocycles. The minimum Gasteiger partial charge on any atom is -0.337 e. The number of carbonyl (C=O) groups excluding carboxylic acids is 1. The molecule has 0 atom stereocenters. The van der Waals surface area contributed by atoms with E-state index < -0.39 is 10.0 Å². The van der Waals surface area contributed by atoms with Gasteiger partial charge in [0, 0.05) is 31.5 Å². The largest absolute Gasteiger partial charge is 0.337 e. The van der Waals surface area contributed by atoms with Crippen LogP contribution in [0.1, 0.15) is 43.0 Å². The van der Waals surface area contributed by atoms with Crippen LogP contribution in [0.4, 0.5) is 0 Å². The Morgan fingerprint density at radius 2 is 1.82 bits per heavy atom. The molecule has 0 bridgehead atoms. The number of amides is 1. The van der Waals surface area contributed by atoms with E-state index in [1.165, 1.54) is 39.0 Å². The molecule has 8 heteroatoms. The summed E-state index contributed by atoms with van der Waals surface area (Å²) < 4.78 is 27.3. The van der Waals surface area contributed by atoms with Gasteiger partial charge in [-0.25, -0.2) is 13.8 Å². The van der Waals surface area contributed by atoms with Gasteiger partial charge in [0.1, 0.15) is 0 Å². The molecule has 0 saturated carbocycles. The predicted molar refractivity (Wildman–Crippen MR) is 109 cm³/mol. The van der Waals surface area contributed by atoms with E-state index in [1.807, 2.05) is 13.0 Å². The monoisotopic (exact) mass is 405 g/mol. The maximum atomic E-state index is 12.9. The van der Waals surface area contributed by atoms with Gasteiger partial charge in [0.15, 0.2) is 0 Å². The van der Waals surface area contributed by atoms with E-state index in [9.17, 15) is 13.2 Å². The van der Waals surface area contributed by atoms with E-state index in [-0.39, 0.29) is 16.8 Å². The Kier molecular flexibility index (Phi) is 6.32. The zero-order valence-electron chi connectivity index (χ0n) is 16.7. The first-order chi connectivity index (χ1) is 13.3. The summed E-state index contributed by atoms with van der Waals surface area (Å²) in [7, 11) is 0.203. The molecule has 3 rings (SSSR count). The topological polar surface area (TPSA) is 83.3 Å². The first kappa shape index (κ1) is 20.7. The number of nitrogens with zero attached hydrogens (tertiary/aromatic N) is 2. The van der Waals surface area contributed by atoms with Crippen LogP contribution in [0.3, 0.4) is 0 Å². The van der Waals surface area contributed by atoms with Gasteiger partial charge in [-0.3, -0.25) is 4.79 Å². The quantitative estimate of drug-likeness (QED) is 0.711. The second kappa shape index (κ2) is 8.55. The van der Waals surface area contributed by atoms with Gasteiger partial charge in [-0.15, -0.1) is 0 Å². The van der Waals surface area contributed by atoms with E-state index >= 15 is 0 Å². The van der Waals surface area contributed by atoms with E-state index in [2.05, 4.69) is 17.6 Å². The lowest BCUT2D eigenvalue weighted by Crippen LogP contribution is -3.10. The summed E-state index contributed by atoms with van der Waals surface area (Å²) in [5.41, 5.74) is 5.02. The Balaban J connectivity index is 1.66. The van der Waals surface area contributed by atoms with Gasteiger partial charge in [0.25, 0.3) is 5.91 Å². The number of carbonyl (C=O) groups is 1. The number of hydrazone groups is 1. The van der Waals surface area contributed by atoms with Crippen LogP contribution >= 0.6 is 0 Å². The summed E-state index contributed by atoms with van der Waals surface area (Å²) in [6.07, 6.45) is 5.48. The summed E-state index contributed by atoms with van der Waals surface area (Å²) in [6, 6.07) is 6.08. The fraction of sp³-hybridized carbons (Fsp3) is 0.500. The Morgan fingerprint density at radius 1 is 1.18 bits per heavy atom. The van der Waals surface area contributed by atoms with Crippen molar-refractivity contribution in [2.45, 2.75) is 43.5 Å². The number of nitrogens with one attached hydrogen (secondary N) is 2. The van der Waals surface area contributed by atoms with Crippen molar-refractivity contribution in [2.24, 2.45) is 5.10 Å². The molecule has 2 aliphatic rings. The SMILES string of the molecule is CC1=C/C(=N\NC(=O)c2ccc(S(=O)(=O)N(C)C3CC[NH+](C)CC3)cc2)CC1. The lowest BCUT2D eigenvalue weighted by molar-refractivity contribution is -0.885. The van der Waals surface area contributed by atoms with Crippen LogP contribution in [0.5, 0.6) is 0 Å². The van der Waals surface area contributed by atoms with Gasteiger partial charge in [-0.05, 0) is 50.1 Å². The Labute approximate surface area is 167 Å². The third kappa shape index (κ3) is 4.68. The first-order valence-corrected chi connectivity index (χ1v) is 11.1. The highest BCUT2D eigenvalue weighted by molar-refractivity contribution is 7.89. The third-order valence-electron chi connectivity index (χ3n) is 5.61. The second-order valence-electron chi connectivity index (χ2n) is 7.77. The van der Waals surface area contributed by atoms with Crippen LogP contribution < -0.4 is 10.3 Å². The van der Waals surface area contributed by atoms with Gasteiger partial charge < -0.3 is 4.90 Å². The molecule has 0 radical (unpaired) electrons. The van der Waals surface area contributed by atoms with Gasteiger partial charge in [0.05, 0.1) is 30.7 Å². The Hall–Kier alpha value is -2.03. The molecular weight excluding hydrogens is 376 g/mol. The number of allylic oxidation sites excluding steroid dienone is 2. The zero-order chi connectivity index (χ0) is 20.3. The van der Waals surface area contributed by atoms with Crippen molar-refractivity contribution in [1.29, 1.82) is 0 Å². The summed E-state index contributed by atoms with van der Waals surface area (Å²) >= 11 is 0. The standard InChI is InChI=1S/C20H28N4O3S/c1-15-4-7-17(14-15)21-22-20(25)16-5-8-19(9-6-16)28(26,27)24(3)18-10-12-23(2)13-11-18/h5-6,8-9,14,18H,4,7,10-13H2,1-3H3,(H,22,25)/p+1/b21-17-. The van der Waals surface area contributed by atoms with Crippen LogP contribution in [0, 0.1) is 0 Å². The molecule has 1 saturated heterocycles. The zero-order valence-corrected chi connectivity index (χ0v) is 17.6. The molecule has 28 heavy (non-hydrogen) atoms.